The third-order valence-electron chi connectivity index (χ3n) is 9.08. The Morgan fingerprint density at radius 1 is 0.283 bits per heavy atom. The normalized spacial score (nSPS) is 11.5. The van der Waals surface area contributed by atoms with Gasteiger partial charge in [0.05, 0.1) is 11.0 Å². The first-order chi connectivity index (χ1) is 22.8. The molecule has 0 atom stereocenters. The van der Waals surface area contributed by atoms with E-state index < -0.39 is 0 Å². The summed E-state index contributed by atoms with van der Waals surface area (Å²) >= 11 is 0. The maximum absolute atomic E-state index is 4.77. The van der Waals surface area contributed by atoms with Gasteiger partial charge in [-0.3, -0.25) is 9.97 Å². The Labute approximate surface area is 267 Å². The fraction of sp³-hybridized carbons (Fsp3) is 0. The average molecular weight is 585 g/mol. The Balaban J connectivity index is 1.14. The molecule has 2 heterocycles. The molecular formula is C44H28N2. The maximum Gasteiger partial charge on any atom is 0.0702 e. The fourth-order valence-corrected chi connectivity index (χ4v) is 6.72. The van der Waals surface area contributed by atoms with E-state index >= 15 is 0 Å². The molecule has 0 saturated heterocycles. The molecule has 214 valence electrons. The highest BCUT2D eigenvalue weighted by Gasteiger charge is 2.12. The Morgan fingerprint density at radius 3 is 1.11 bits per heavy atom. The molecule has 0 N–H and O–H groups in total. The summed E-state index contributed by atoms with van der Waals surface area (Å²) in [5.41, 5.74) is 11.4. The molecule has 0 amide bonds. The number of aromatic nitrogens is 2. The monoisotopic (exact) mass is 584 g/mol. The van der Waals surface area contributed by atoms with Gasteiger partial charge < -0.3 is 0 Å². The minimum absolute atomic E-state index is 1.01. The highest BCUT2D eigenvalue weighted by atomic mass is 14.7. The molecule has 0 bridgehead atoms. The second kappa shape index (κ2) is 10.8. The van der Waals surface area contributed by atoms with Gasteiger partial charge in [0.15, 0.2) is 0 Å². The van der Waals surface area contributed by atoms with Crippen molar-refractivity contribution in [3.05, 3.63) is 170 Å². The summed E-state index contributed by atoms with van der Waals surface area (Å²) in [5, 5.41) is 7.19. The Kier molecular flexibility index (Phi) is 6.17. The van der Waals surface area contributed by atoms with E-state index in [1.54, 1.807) is 0 Å². The van der Waals surface area contributed by atoms with E-state index in [1.165, 1.54) is 54.9 Å². The van der Waals surface area contributed by atoms with Crippen molar-refractivity contribution in [3.63, 3.8) is 0 Å². The van der Waals surface area contributed by atoms with Gasteiger partial charge in [0.25, 0.3) is 0 Å². The van der Waals surface area contributed by atoms with E-state index in [9.17, 15) is 0 Å². The number of rotatable bonds is 4. The molecule has 7 aromatic carbocycles. The molecule has 9 rings (SSSR count). The standard InChI is InChI=1S/C44H28N2/c1-5-13-39-31(9-1)21-35(25-41(39)37-23-33-11-3-7-15-43(33)45-27-37)29-17-19-30(20-18-29)36-22-32-10-2-6-14-40(32)42(26-36)38-24-34-12-4-8-16-44(34)46-28-38/h1-28H. The van der Waals surface area contributed by atoms with Crippen molar-refractivity contribution in [2.75, 3.05) is 0 Å². The summed E-state index contributed by atoms with van der Waals surface area (Å²) in [6, 6.07) is 56.5. The van der Waals surface area contributed by atoms with Gasteiger partial charge >= 0.3 is 0 Å². The van der Waals surface area contributed by atoms with Gasteiger partial charge in [-0.05, 0) is 103 Å². The first-order valence-electron chi connectivity index (χ1n) is 15.6. The van der Waals surface area contributed by atoms with Gasteiger partial charge in [-0.15, -0.1) is 0 Å². The second-order valence-electron chi connectivity index (χ2n) is 11.9. The number of nitrogens with zero attached hydrogens (tertiary/aromatic N) is 2. The van der Waals surface area contributed by atoms with Crippen LogP contribution < -0.4 is 0 Å². The highest BCUT2D eigenvalue weighted by Crippen LogP contribution is 2.38. The zero-order chi connectivity index (χ0) is 30.5. The molecule has 0 saturated carbocycles. The quantitative estimate of drug-likeness (QED) is 0.206. The summed E-state index contributed by atoms with van der Waals surface area (Å²) < 4.78 is 0. The summed E-state index contributed by atoms with van der Waals surface area (Å²) in [6.45, 7) is 0. The first kappa shape index (κ1) is 26.3. The van der Waals surface area contributed by atoms with Gasteiger partial charge in [0.1, 0.15) is 0 Å². The van der Waals surface area contributed by atoms with Crippen LogP contribution in [0.1, 0.15) is 0 Å². The molecule has 0 unspecified atom stereocenters. The smallest absolute Gasteiger partial charge is 0.0702 e. The lowest BCUT2D eigenvalue weighted by Gasteiger charge is -2.14. The molecule has 9 aromatic rings. The molecular weight excluding hydrogens is 556 g/mol. The second-order valence-corrected chi connectivity index (χ2v) is 11.9. The van der Waals surface area contributed by atoms with E-state index in [1.807, 2.05) is 24.5 Å². The van der Waals surface area contributed by atoms with Crippen molar-refractivity contribution in [1.82, 2.24) is 9.97 Å². The highest BCUT2D eigenvalue weighted by molar-refractivity contribution is 6.03. The average Bonchev–Trinajstić information content (AvgIpc) is 3.13. The predicted octanol–water partition coefficient (Wildman–Crippen LogP) is 11.8. The van der Waals surface area contributed by atoms with Gasteiger partial charge in [-0.25, -0.2) is 0 Å². The van der Waals surface area contributed by atoms with Crippen LogP contribution >= 0.6 is 0 Å². The van der Waals surface area contributed by atoms with Crippen molar-refractivity contribution in [1.29, 1.82) is 0 Å². The van der Waals surface area contributed by atoms with E-state index in [2.05, 4.69) is 146 Å². The Bertz CT molecular complexity index is 2400. The fourth-order valence-electron chi connectivity index (χ4n) is 6.72. The van der Waals surface area contributed by atoms with Crippen LogP contribution in [0.5, 0.6) is 0 Å². The van der Waals surface area contributed by atoms with Crippen LogP contribution in [0.4, 0.5) is 0 Å². The summed E-state index contributed by atoms with van der Waals surface area (Å²) in [7, 11) is 0. The largest absolute Gasteiger partial charge is 0.256 e. The first-order valence-corrected chi connectivity index (χ1v) is 15.6. The number of fused-ring (bicyclic) bond motifs is 4. The molecule has 2 aromatic heterocycles. The number of hydrogen-bond acceptors (Lipinski definition) is 2. The van der Waals surface area contributed by atoms with E-state index in [0.717, 1.165) is 32.9 Å². The molecule has 0 radical (unpaired) electrons. The molecule has 0 aliphatic rings. The number of benzene rings is 7. The van der Waals surface area contributed by atoms with Crippen molar-refractivity contribution < 1.29 is 0 Å². The number of para-hydroxylation sites is 2. The molecule has 0 aliphatic heterocycles. The van der Waals surface area contributed by atoms with Crippen molar-refractivity contribution in [2.24, 2.45) is 0 Å². The van der Waals surface area contributed by atoms with Crippen LogP contribution in [0.25, 0.3) is 87.9 Å². The lowest BCUT2D eigenvalue weighted by Crippen LogP contribution is -1.89. The van der Waals surface area contributed by atoms with Crippen LogP contribution in [0, 0.1) is 0 Å². The zero-order valence-corrected chi connectivity index (χ0v) is 25.1. The summed E-state index contributed by atoms with van der Waals surface area (Å²) in [4.78, 5) is 9.55. The Hall–Kier alpha value is -6.12. The van der Waals surface area contributed by atoms with Crippen LogP contribution in [-0.2, 0) is 0 Å². The SMILES string of the molecule is c1ccc2ncc(-c3cc(-c4ccc(-c5cc(-c6cnc7ccccc7c6)c6ccccc6c5)cc4)cc4ccccc34)cc2c1. The van der Waals surface area contributed by atoms with Crippen LogP contribution in [0.15, 0.2) is 170 Å². The minimum atomic E-state index is 1.01. The van der Waals surface area contributed by atoms with Gasteiger partial charge in [-0.1, -0.05) is 109 Å². The van der Waals surface area contributed by atoms with E-state index in [4.69, 9.17) is 9.97 Å². The zero-order valence-electron chi connectivity index (χ0n) is 25.1. The third-order valence-corrected chi connectivity index (χ3v) is 9.08. The molecule has 2 heteroatoms. The third kappa shape index (κ3) is 4.60. The van der Waals surface area contributed by atoms with Crippen molar-refractivity contribution in [2.45, 2.75) is 0 Å². The topological polar surface area (TPSA) is 25.8 Å². The Morgan fingerprint density at radius 2 is 0.652 bits per heavy atom. The molecule has 2 nitrogen and oxygen atoms in total. The minimum Gasteiger partial charge on any atom is -0.256 e. The molecule has 0 spiro atoms. The number of pyridine rings is 2. The number of hydrogen-bond donors (Lipinski definition) is 0. The summed E-state index contributed by atoms with van der Waals surface area (Å²) in [5.74, 6) is 0. The van der Waals surface area contributed by atoms with Crippen LogP contribution in [0.3, 0.4) is 0 Å². The van der Waals surface area contributed by atoms with Gasteiger partial charge in [-0.2, -0.15) is 0 Å². The van der Waals surface area contributed by atoms with Gasteiger partial charge in [0, 0.05) is 34.3 Å². The molecule has 46 heavy (non-hydrogen) atoms. The van der Waals surface area contributed by atoms with E-state index in [0.29, 0.717) is 0 Å². The lowest BCUT2D eigenvalue weighted by atomic mass is 9.91. The van der Waals surface area contributed by atoms with Crippen LogP contribution in [0.2, 0.25) is 0 Å². The summed E-state index contributed by atoms with van der Waals surface area (Å²) in [6.07, 6.45) is 4.00. The molecule has 0 aliphatic carbocycles. The molecule has 0 fully saturated rings. The maximum atomic E-state index is 4.77. The predicted molar refractivity (Wildman–Crippen MR) is 194 cm³/mol. The van der Waals surface area contributed by atoms with Crippen molar-refractivity contribution in [3.8, 4) is 44.5 Å². The lowest BCUT2D eigenvalue weighted by molar-refractivity contribution is 1.41. The van der Waals surface area contributed by atoms with Gasteiger partial charge in [0.2, 0.25) is 0 Å². The van der Waals surface area contributed by atoms with Crippen LogP contribution in [-0.4, -0.2) is 9.97 Å². The van der Waals surface area contributed by atoms with Crippen molar-refractivity contribution >= 4 is 43.4 Å². The van der Waals surface area contributed by atoms with E-state index in [-0.39, 0.29) is 0 Å².